The molecule has 5 nitrogen and oxygen atoms in total. The van der Waals surface area contributed by atoms with Crippen LogP contribution in [0.2, 0.25) is 0 Å². The summed E-state index contributed by atoms with van der Waals surface area (Å²) in [5.74, 6) is 0.0866. The number of amides is 3. The van der Waals surface area contributed by atoms with Crippen LogP contribution < -0.4 is 5.32 Å². The first kappa shape index (κ1) is 11.0. The fraction of sp³-hybridized carbons (Fsp3) is 0.778. The Morgan fingerprint density at radius 1 is 1.50 bits per heavy atom. The van der Waals surface area contributed by atoms with Crippen molar-refractivity contribution in [2.24, 2.45) is 5.92 Å². The largest absolute Gasteiger partial charge is 0.391 e. The van der Waals surface area contributed by atoms with Gasteiger partial charge < -0.3 is 10.4 Å². The van der Waals surface area contributed by atoms with Gasteiger partial charge in [0.25, 0.3) is 0 Å². The minimum atomic E-state index is -0.622. The van der Waals surface area contributed by atoms with Gasteiger partial charge in [0.15, 0.2) is 0 Å². The normalized spacial score (nSPS) is 19.0. The Morgan fingerprint density at radius 2 is 2.14 bits per heavy atom. The van der Waals surface area contributed by atoms with E-state index >= 15 is 0 Å². The Hall–Kier alpha value is -1.10. The van der Waals surface area contributed by atoms with E-state index in [-0.39, 0.29) is 19.0 Å². The summed E-state index contributed by atoms with van der Waals surface area (Å²) < 4.78 is 0. The molecule has 1 aliphatic rings. The predicted molar refractivity (Wildman–Crippen MR) is 50.6 cm³/mol. The summed E-state index contributed by atoms with van der Waals surface area (Å²) in [4.78, 5) is 23.3. The molecule has 3 amide bonds. The molecule has 0 saturated carbocycles. The molecule has 0 bridgehead atoms. The van der Waals surface area contributed by atoms with Gasteiger partial charge in [0, 0.05) is 0 Å². The van der Waals surface area contributed by atoms with Crippen LogP contribution in [0.15, 0.2) is 0 Å². The fourth-order valence-electron chi connectivity index (χ4n) is 1.47. The molecule has 1 fully saturated rings. The standard InChI is InChI=1S/C9H16N2O3/c1-6(2)3-7(12)5-11-8(13)4-10-9(11)14/h6-7,12H,3-5H2,1-2H3,(H,10,14). The van der Waals surface area contributed by atoms with Crippen molar-refractivity contribution < 1.29 is 14.7 Å². The van der Waals surface area contributed by atoms with Crippen molar-refractivity contribution in [3.63, 3.8) is 0 Å². The van der Waals surface area contributed by atoms with Crippen molar-refractivity contribution in [1.29, 1.82) is 0 Å². The molecule has 0 aromatic heterocycles. The number of aliphatic hydroxyl groups excluding tert-OH is 1. The third-order valence-corrected chi connectivity index (χ3v) is 2.07. The van der Waals surface area contributed by atoms with Gasteiger partial charge in [0.1, 0.15) is 0 Å². The van der Waals surface area contributed by atoms with Gasteiger partial charge in [-0.15, -0.1) is 0 Å². The zero-order valence-electron chi connectivity index (χ0n) is 8.49. The number of hydrogen-bond acceptors (Lipinski definition) is 3. The maximum atomic E-state index is 11.1. The number of nitrogens with one attached hydrogen (secondary N) is 1. The van der Waals surface area contributed by atoms with Gasteiger partial charge in [-0.05, 0) is 12.3 Å². The average Bonchev–Trinajstić information content (AvgIpc) is 2.34. The van der Waals surface area contributed by atoms with E-state index < -0.39 is 12.1 Å². The summed E-state index contributed by atoms with van der Waals surface area (Å²) in [6.07, 6.45) is -0.0281. The Labute approximate surface area is 83.1 Å². The van der Waals surface area contributed by atoms with E-state index in [0.29, 0.717) is 12.3 Å². The van der Waals surface area contributed by atoms with E-state index in [0.717, 1.165) is 4.90 Å². The van der Waals surface area contributed by atoms with Gasteiger partial charge in [-0.25, -0.2) is 4.79 Å². The molecule has 1 heterocycles. The lowest BCUT2D eigenvalue weighted by molar-refractivity contribution is -0.126. The van der Waals surface area contributed by atoms with Gasteiger partial charge in [0.05, 0.1) is 19.2 Å². The van der Waals surface area contributed by atoms with Gasteiger partial charge >= 0.3 is 6.03 Å². The number of nitrogens with zero attached hydrogens (tertiary/aromatic N) is 1. The van der Waals surface area contributed by atoms with E-state index in [1.807, 2.05) is 13.8 Å². The van der Waals surface area contributed by atoms with Crippen molar-refractivity contribution in [2.75, 3.05) is 13.1 Å². The zero-order valence-corrected chi connectivity index (χ0v) is 8.49. The minimum absolute atomic E-state index is 0.0488. The Bertz CT molecular complexity index is 224. The molecule has 80 valence electrons. The van der Waals surface area contributed by atoms with Crippen LogP contribution in [0, 0.1) is 5.92 Å². The average molecular weight is 200 g/mol. The molecule has 1 rings (SSSR count). The van der Waals surface area contributed by atoms with Gasteiger partial charge in [-0.2, -0.15) is 0 Å². The van der Waals surface area contributed by atoms with Crippen LogP contribution >= 0.6 is 0 Å². The molecule has 2 N–H and O–H groups in total. The summed E-state index contributed by atoms with van der Waals surface area (Å²) in [5.41, 5.74) is 0. The summed E-state index contributed by atoms with van der Waals surface area (Å²) in [5, 5.41) is 11.9. The van der Waals surface area contributed by atoms with Gasteiger partial charge in [0.2, 0.25) is 5.91 Å². The summed E-state index contributed by atoms with van der Waals surface area (Å²) in [7, 11) is 0. The third kappa shape index (κ3) is 2.70. The van der Waals surface area contributed by atoms with Crippen LogP contribution in [0.25, 0.3) is 0 Å². The fourth-order valence-corrected chi connectivity index (χ4v) is 1.47. The lowest BCUT2D eigenvalue weighted by Gasteiger charge is -2.18. The predicted octanol–water partition coefficient (Wildman–Crippen LogP) is -0.0548. The van der Waals surface area contributed by atoms with Crippen LogP contribution in [-0.2, 0) is 4.79 Å². The molecule has 14 heavy (non-hydrogen) atoms. The van der Waals surface area contributed by atoms with E-state index in [4.69, 9.17) is 0 Å². The highest BCUT2D eigenvalue weighted by atomic mass is 16.3. The number of hydrogen-bond donors (Lipinski definition) is 2. The number of aliphatic hydroxyl groups is 1. The van der Waals surface area contributed by atoms with Crippen LogP contribution in [0.5, 0.6) is 0 Å². The monoisotopic (exact) mass is 200 g/mol. The molecule has 1 saturated heterocycles. The minimum Gasteiger partial charge on any atom is -0.391 e. The topological polar surface area (TPSA) is 69.6 Å². The molecule has 1 unspecified atom stereocenters. The molecular weight excluding hydrogens is 184 g/mol. The summed E-state index contributed by atoms with van der Waals surface area (Å²) in [6, 6.07) is -0.405. The van der Waals surface area contributed by atoms with E-state index in [1.165, 1.54) is 0 Å². The van der Waals surface area contributed by atoms with Crippen molar-refractivity contribution in [3.05, 3.63) is 0 Å². The van der Waals surface area contributed by atoms with Gasteiger partial charge in [-0.1, -0.05) is 13.8 Å². The maximum absolute atomic E-state index is 11.1. The van der Waals surface area contributed by atoms with Crippen molar-refractivity contribution in [2.45, 2.75) is 26.4 Å². The Morgan fingerprint density at radius 3 is 2.57 bits per heavy atom. The molecule has 0 radical (unpaired) electrons. The first-order valence-electron chi connectivity index (χ1n) is 4.77. The number of β-amino-alcohol motifs (C(OH)–C–C–N with tert-alkyl or cyclic N) is 1. The van der Waals surface area contributed by atoms with Gasteiger partial charge in [-0.3, -0.25) is 9.69 Å². The van der Waals surface area contributed by atoms with E-state index in [1.54, 1.807) is 0 Å². The van der Waals surface area contributed by atoms with Crippen molar-refractivity contribution in [1.82, 2.24) is 10.2 Å². The molecule has 5 heteroatoms. The first-order valence-corrected chi connectivity index (χ1v) is 4.77. The summed E-state index contributed by atoms with van der Waals surface area (Å²) in [6.45, 7) is 4.11. The second-order valence-electron chi connectivity index (χ2n) is 3.95. The van der Waals surface area contributed by atoms with Crippen molar-refractivity contribution in [3.8, 4) is 0 Å². The van der Waals surface area contributed by atoms with Crippen LogP contribution in [0.4, 0.5) is 4.79 Å². The number of imide groups is 1. The lowest BCUT2D eigenvalue weighted by Crippen LogP contribution is -2.38. The van der Waals surface area contributed by atoms with Crippen molar-refractivity contribution >= 4 is 11.9 Å². The number of carbonyl (C=O) groups excluding carboxylic acids is 2. The Balaban J connectivity index is 2.42. The second kappa shape index (κ2) is 4.41. The van der Waals surface area contributed by atoms with Crippen LogP contribution in [-0.4, -0.2) is 41.1 Å². The third-order valence-electron chi connectivity index (χ3n) is 2.07. The van der Waals surface area contributed by atoms with E-state index in [9.17, 15) is 14.7 Å². The lowest BCUT2D eigenvalue weighted by atomic mass is 10.1. The van der Waals surface area contributed by atoms with E-state index in [2.05, 4.69) is 5.32 Å². The zero-order chi connectivity index (χ0) is 10.7. The molecule has 0 aromatic carbocycles. The molecule has 0 aliphatic carbocycles. The maximum Gasteiger partial charge on any atom is 0.324 e. The number of rotatable bonds is 4. The Kier molecular flexibility index (Phi) is 3.46. The quantitative estimate of drug-likeness (QED) is 0.625. The highest BCUT2D eigenvalue weighted by Gasteiger charge is 2.29. The highest BCUT2D eigenvalue weighted by Crippen LogP contribution is 2.08. The molecular formula is C9H16N2O3. The highest BCUT2D eigenvalue weighted by molar-refractivity contribution is 6.01. The second-order valence-corrected chi connectivity index (χ2v) is 3.95. The molecule has 1 atom stereocenters. The SMILES string of the molecule is CC(C)CC(O)CN1C(=O)CNC1=O. The molecule has 0 spiro atoms. The van der Waals surface area contributed by atoms with Crippen LogP contribution in [0.1, 0.15) is 20.3 Å². The molecule has 0 aromatic rings. The van der Waals surface area contributed by atoms with Crippen LogP contribution in [0.3, 0.4) is 0 Å². The number of urea groups is 1. The first-order chi connectivity index (χ1) is 6.50. The summed E-state index contributed by atoms with van der Waals surface area (Å²) >= 11 is 0. The smallest absolute Gasteiger partial charge is 0.324 e. The molecule has 1 aliphatic heterocycles. The number of carbonyl (C=O) groups is 2.